The number of terminal acetylenes is 1. The van der Waals surface area contributed by atoms with Gasteiger partial charge in [-0.1, -0.05) is 18.2 Å². The lowest BCUT2D eigenvalue weighted by Crippen LogP contribution is -2.18. The van der Waals surface area contributed by atoms with E-state index in [-0.39, 0.29) is 0 Å². The van der Waals surface area contributed by atoms with Crippen molar-refractivity contribution in [2.75, 3.05) is 0 Å². The fourth-order valence-corrected chi connectivity index (χ4v) is 2.35. The van der Waals surface area contributed by atoms with Gasteiger partial charge in [0.2, 0.25) is 0 Å². The number of rotatable bonds is 2. The highest BCUT2D eigenvalue weighted by Gasteiger charge is 2.04. The summed E-state index contributed by atoms with van der Waals surface area (Å²) in [6, 6.07) is 8.24. The van der Waals surface area contributed by atoms with Crippen LogP contribution in [0.4, 0.5) is 0 Å². The molecule has 1 aromatic heterocycles. The molecule has 0 radical (unpaired) electrons. The average molecular weight is 200 g/mol. The smallest absolute Gasteiger partial charge is 0.0921 e. The molecule has 0 aliphatic heterocycles. The van der Waals surface area contributed by atoms with Crippen molar-refractivity contribution < 1.29 is 0 Å². The molecule has 0 amide bonds. The van der Waals surface area contributed by atoms with Crippen molar-refractivity contribution in [2.24, 2.45) is 0 Å². The molecule has 0 bridgehead atoms. The molecule has 2 rings (SSSR count). The van der Waals surface area contributed by atoms with Gasteiger partial charge in [0.15, 0.2) is 0 Å². The molecule has 0 unspecified atom stereocenters. The van der Waals surface area contributed by atoms with Crippen LogP contribution in [-0.2, 0) is 6.54 Å². The second kappa shape index (κ2) is 3.68. The van der Waals surface area contributed by atoms with Gasteiger partial charge in [0.25, 0.3) is 0 Å². The van der Waals surface area contributed by atoms with Crippen LogP contribution >= 0.6 is 0 Å². The number of hydrogen-bond donors (Lipinski definition) is 0. The van der Waals surface area contributed by atoms with Gasteiger partial charge >= 0.3 is 0 Å². The minimum atomic E-state index is 0.753. The number of hydrogen-bond acceptors (Lipinski definition) is 1. The third kappa shape index (κ3) is 1.45. The largest absolute Gasteiger partial charge is 0.273 e. The zero-order valence-electron chi connectivity index (χ0n) is 8.20. The van der Waals surface area contributed by atoms with Crippen LogP contribution in [0.15, 0.2) is 24.3 Å². The third-order valence-corrected chi connectivity index (χ3v) is 3.43. The Bertz CT molecular complexity index is 493. The molecule has 0 aliphatic rings. The van der Waals surface area contributed by atoms with Crippen LogP contribution in [0.25, 0.3) is 10.9 Å². The number of aromatic nitrogens is 2. The highest BCUT2D eigenvalue weighted by Crippen LogP contribution is 2.08. The quantitative estimate of drug-likeness (QED) is 0.495. The van der Waals surface area contributed by atoms with Crippen molar-refractivity contribution in [3.63, 3.8) is 0 Å². The first kappa shape index (κ1) is 9.04. The molecule has 2 nitrogen and oxygen atoms in total. The van der Waals surface area contributed by atoms with Crippen LogP contribution < -0.4 is 5.32 Å². The second-order valence-electron chi connectivity index (χ2n) is 3.28. The second-order valence-corrected chi connectivity index (χ2v) is 4.23. The fourth-order valence-electron chi connectivity index (χ4n) is 1.60. The molecule has 0 atom stereocenters. The highest BCUT2D eigenvalue weighted by molar-refractivity contribution is 6.37. The van der Waals surface area contributed by atoms with Crippen LogP contribution in [0, 0.1) is 12.3 Å². The van der Waals surface area contributed by atoms with E-state index in [1.807, 2.05) is 16.8 Å². The molecular weight excluding hydrogens is 188 g/mol. The molecule has 3 heteroatoms. The molecule has 0 N–H and O–H groups in total. The Hall–Kier alpha value is -1.53. The van der Waals surface area contributed by atoms with Gasteiger partial charge in [0, 0.05) is 17.1 Å². The van der Waals surface area contributed by atoms with Crippen LogP contribution in [-0.4, -0.2) is 20.0 Å². The van der Waals surface area contributed by atoms with E-state index in [1.54, 1.807) is 0 Å². The molecule has 0 saturated carbocycles. The van der Waals surface area contributed by atoms with E-state index in [4.69, 9.17) is 6.42 Å². The van der Waals surface area contributed by atoms with Crippen molar-refractivity contribution in [3.8, 4) is 12.3 Å². The predicted molar refractivity (Wildman–Crippen MR) is 62.8 cm³/mol. The summed E-state index contributed by atoms with van der Waals surface area (Å²) in [6.45, 7) is 0.837. The summed E-state index contributed by atoms with van der Waals surface area (Å²) in [5.74, 6) is 2.64. The summed E-state index contributed by atoms with van der Waals surface area (Å²) >= 11 is 0. The molecule has 1 aromatic carbocycles. The minimum absolute atomic E-state index is 0.753. The summed E-state index contributed by atoms with van der Waals surface area (Å²) in [5.41, 5.74) is 1.08. The first-order valence-electron chi connectivity index (χ1n) is 4.68. The lowest BCUT2D eigenvalue weighted by molar-refractivity contribution is 0.653. The van der Waals surface area contributed by atoms with Crippen molar-refractivity contribution in [2.45, 2.75) is 13.0 Å². The SMILES string of the molecule is C#CCCn1nc2ccccc2c1[SiH3]. The van der Waals surface area contributed by atoms with Gasteiger partial charge in [0.1, 0.15) is 0 Å². The van der Waals surface area contributed by atoms with Crippen LogP contribution in [0.5, 0.6) is 0 Å². The van der Waals surface area contributed by atoms with E-state index in [2.05, 4.69) is 23.2 Å². The summed E-state index contributed by atoms with van der Waals surface area (Å²) in [5, 5.41) is 7.11. The molecule has 1 heterocycles. The van der Waals surface area contributed by atoms with Gasteiger partial charge in [-0.05, 0) is 6.07 Å². The Morgan fingerprint density at radius 1 is 1.43 bits per heavy atom. The minimum Gasteiger partial charge on any atom is -0.273 e. The predicted octanol–water partition coefficient (Wildman–Crippen LogP) is 0.0503. The van der Waals surface area contributed by atoms with E-state index in [1.165, 1.54) is 10.7 Å². The number of nitrogens with zero attached hydrogens (tertiary/aromatic N) is 2. The Morgan fingerprint density at radius 2 is 2.21 bits per heavy atom. The van der Waals surface area contributed by atoms with Crippen molar-refractivity contribution >= 4 is 26.5 Å². The van der Waals surface area contributed by atoms with Gasteiger partial charge in [-0.3, -0.25) is 4.68 Å². The monoisotopic (exact) mass is 200 g/mol. The topological polar surface area (TPSA) is 17.8 Å². The van der Waals surface area contributed by atoms with Crippen molar-refractivity contribution in [1.29, 1.82) is 0 Å². The summed E-state index contributed by atoms with van der Waals surface area (Å²) in [7, 11) is 1.01. The first-order chi connectivity index (χ1) is 6.83. The Balaban J connectivity index is 2.47. The van der Waals surface area contributed by atoms with Gasteiger partial charge in [-0.15, -0.1) is 12.3 Å². The molecule has 14 heavy (non-hydrogen) atoms. The lowest BCUT2D eigenvalue weighted by atomic mass is 10.3. The Kier molecular flexibility index (Phi) is 2.38. The molecule has 0 aliphatic carbocycles. The van der Waals surface area contributed by atoms with Gasteiger partial charge < -0.3 is 0 Å². The lowest BCUT2D eigenvalue weighted by Gasteiger charge is -1.99. The molecular formula is C11H12N2Si. The van der Waals surface area contributed by atoms with Gasteiger partial charge in [0.05, 0.1) is 22.3 Å². The van der Waals surface area contributed by atoms with E-state index in [9.17, 15) is 0 Å². The zero-order chi connectivity index (χ0) is 9.97. The maximum atomic E-state index is 5.24. The maximum absolute atomic E-state index is 5.24. The number of fused-ring (bicyclic) bond motifs is 1. The third-order valence-electron chi connectivity index (χ3n) is 2.38. The normalized spacial score (nSPS) is 10.5. The summed E-state index contributed by atoms with van der Waals surface area (Å²) in [6.07, 6.45) is 5.99. The first-order valence-corrected chi connectivity index (χ1v) is 5.68. The number of aryl methyl sites for hydroxylation is 1. The van der Waals surface area contributed by atoms with Crippen molar-refractivity contribution in [3.05, 3.63) is 24.3 Å². The van der Waals surface area contributed by atoms with E-state index < -0.39 is 0 Å². The average Bonchev–Trinajstić information content (AvgIpc) is 2.54. The van der Waals surface area contributed by atoms with Gasteiger partial charge in [-0.2, -0.15) is 5.10 Å². The van der Waals surface area contributed by atoms with Gasteiger partial charge in [-0.25, -0.2) is 0 Å². The molecule has 2 aromatic rings. The van der Waals surface area contributed by atoms with Crippen molar-refractivity contribution in [1.82, 2.24) is 9.78 Å². The highest BCUT2D eigenvalue weighted by atomic mass is 28.1. The van der Waals surface area contributed by atoms with Crippen LogP contribution in [0.2, 0.25) is 0 Å². The van der Waals surface area contributed by atoms with E-state index >= 15 is 0 Å². The molecule has 0 fully saturated rings. The molecule has 0 spiro atoms. The van der Waals surface area contributed by atoms with E-state index in [0.717, 1.165) is 28.7 Å². The summed E-state index contributed by atoms with van der Waals surface area (Å²) in [4.78, 5) is 0. The Labute approximate surface area is 86.4 Å². The summed E-state index contributed by atoms with van der Waals surface area (Å²) < 4.78 is 2.04. The Morgan fingerprint density at radius 3 is 2.93 bits per heavy atom. The molecule has 70 valence electrons. The standard InChI is InChI=1S/C11H12N2Si/c1-2-3-8-13-11(14)9-6-4-5-7-10(9)12-13/h1,4-7H,3,8H2,14H3. The molecule has 0 saturated heterocycles. The number of benzene rings is 1. The maximum Gasteiger partial charge on any atom is 0.0921 e. The van der Waals surface area contributed by atoms with E-state index in [0.29, 0.717) is 0 Å². The van der Waals surface area contributed by atoms with Crippen LogP contribution in [0.1, 0.15) is 6.42 Å². The van der Waals surface area contributed by atoms with Crippen LogP contribution in [0.3, 0.4) is 0 Å². The zero-order valence-corrected chi connectivity index (χ0v) is 10.2. The fraction of sp³-hybridized carbons (Fsp3) is 0.182.